The Morgan fingerprint density at radius 1 is 1.15 bits per heavy atom. The van der Waals surface area contributed by atoms with E-state index in [0.29, 0.717) is 11.4 Å². The molecule has 0 amide bonds. The first kappa shape index (κ1) is 14.0. The van der Waals surface area contributed by atoms with Crippen molar-refractivity contribution in [1.82, 2.24) is 4.98 Å². The highest BCUT2D eigenvalue weighted by molar-refractivity contribution is 5.56. The van der Waals surface area contributed by atoms with Crippen LogP contribution in [0.3, 0.4) is 0 Å². The van der Waals surface area contributed by atoms with Crippen LogP contribution in [0.15, 0.2) is 36.4 Å². The lowest BCUT2D eigenvalue weighted by Crippen LogP contribution is -2.07. The van der Waals surface area contributed by atoms with Crippen LogP contribution >= 0.6 is 0 Å². The zero-order chi connectivity index (χ0) is 14.8. The number of nitrogens with two attached hydrogens (primary N) is 1. The Morgan fingerprint density at radius 3 is 2.50 bits per heavy atom. The fourth-order valence-corrected chi connectivity index (χ4v) is 1.53. The summed E-state index contributed by atoms with van der Waals surface area (Å²) in [7, 11) is 1.46. The predicted octanol–water partition coefficient (Wildman–Crippen LogP) is 3.48. The SMILES string of the molecule is COc1ccc(Oc2cccc(C(F)(F)F)n2)cc1N. The van der Waals surface area contributed by atoms with E-state index in [9.17, 15) is 13.2 Å². The van der Waals surface area contributed by atoms with E-state index in [-0.39, 0.29) is 11.6 Å². The molecule has 2 aromatic rings. The van der Waals surface area contributed by atoms with E-state index in [1.165, 1.54) is 31.4 Å². The summed E-state index contributed by atoms with van der Waals surface area (Å²) in [6.07, 6.45) is -4.52. The molecule has 2 rings (SSSR count). The predicted molar refractivity (Wildman–Crippen MR) is 66.7 cm³/mol. The number of halogens is 3. The van der Waals surface area contributed by atoms with Gasteiger partial charge in [-0.05, 0) is 18.2 Å². The third-order valence-electron chi connectivity index (χ3n) is 2.44. The largest absolute Gasteiger partial charge is 0.495 e. The Kier molecular flexibility index (Phi) is 3.69. The monoisotopic (exact) mass is 284 g/mol. The number of nitrogens with zero attached hydrogens (tertiary/aromatic N) is 1. The van der Waals surface area contributed by atoms with Gasteiger partial charge in [0.05, 0.1) is 12.8 Å². The van der Waals surface area contributed by atoms with E-state index in [4.69, 9.17) is 15.2 Å². The fraction of sp³-hybridized carbons (Fsp3) is 0.154. The molecule has 1 aromatic heterocycles. The van der Waals surface area contributed by atoms with Crippen molar-refractivity contribution in [3.8, 4) is 17.4 Å². The number of ether oxygens (including phenoxy) is 2. The normalized spacial score (nSPS) is 11.2. The molecule has 0 aliphatic heterocycles. The second-order valence-corrected chi connectivity index (χ2v) is 3.86. The van der Waals surface area contributed by atoms with Gasteiger partial charge in [0.15, 0.2) is 0 Å². The molecule has 0 saturated heterocycles. The van der Waals surface area contributed by atoms with Crippen molar-refractivity contribution in [2.45, 2.75) is 6.18 Å². The summed E-state index contributed by atoms with van der Waals surface area (Å²) in [5.74, 6) is 0.564. The molecule has 2 N–H and O–H groups in total. The number of nitrogen functional groups attached to an aromatic ring is 1. The van der Waals surface area contributed by atoms with Crippen LogP contribution in [-0.4, -0.2) is 12.1 Å². The minimum atomic E-state index is -4.52. The minimum absolute atomic E-state index is 0.163. The molecule has 0 spiro atoms. The van der Waals surface area contributed by atoms with E-state index in [1.807, 2.05) is 0 Å². The molecular weight excluding hydrogens is 273 g/mol. The molecule has 0 radical (unpaired) electrons. The molecule has 0 atom stereocenters. The molecular formula is C13H11F3N2O2. The van der Waals surface area contributed by atoms with E-state index in [1.54, 1.807) is 6.07 Å². The molecule has 0 aliphatic rings. The van der Waals surface area contributed by atoms with Gasteiger partial charge in [-0.25, -0.2) is 4.98 Å². The Morgan fingerprint density at radius 2 is 1.90 bits per heavy atom. The van der Waals surface area contributed by atoms with E-state index in [2.05, 4.69) is 4.98 Å². The maximum atomic E-state index is 12.5. The molecule has 1 heterocycles. The van der Waals surface area contributed by atoms with Gasteiger partial charge in [0.2, 0.25) is 5.88 Å². The minimum Gasteiger partial charge on any atom is -0.495 e. The van der Waals surface area contributed by atoms with Crippen LogP contribution in [0.4, 0.5) is 18.9 Å². The van der Waals surface area contributed by atoms with Crippen molar-refractivity contribution in [3.63, 3.8) is 0 Å². The first-order valence-electron chi connectivity index (χ1n) is 5.56. The Bertz CT molecular complexity index is 615. The molecule has 0 fully saturated rings. The zero-order valence-electron chi connectivity index (χ0n) is 10.4. The van der Waals surface area contributed by atoms with Crippen LogP contribution in [-0.2, 0) is 6.18 Å². The zero-order valence-corrected chi connectivity index (χ0v) is 10.4. The van der Waals surface area contributed by atoms with E-state index < -0.39 is 11.9 Å². The Labute approximate surface area is 113 Å². The van der Waals surface area contributed by atoms with Crippen LogP contribution in [0.2, 0.25) is 0 Å². The maximum absolute atomic E-state index is 12.5. The number of alkyl halides is 3. The van der Waals surface area contributed by atoms with Gasteiger partial charge >= 0.3 is 6.18 Å². The average Bonchev–Trinajstić information content (AvgIpc) is 2.38. The summed E-state index contributed by atoms with van der Waals surface area (Å²) in [6.45, 7) is 0. The molecule has 7 heteroatoms. The number of hydrogen-bond donors (Lipinski definition) is 1. The first-order valence-corrected chi connectivity index (χ1v) is 5.56. The van der Waals surface area contributed by atoms with Crippen LogP contribution in [0.1, 0.15) is 5.69 Å². The van der Waals surface area contributed by atoms with Crippen LogP contribution < -0.4 is 15.2 Å². The molecule has 20 heavy (non-hydrogen) atoms. The van der Waals surface area contributed by atoms with Gasteiger partial charge in [-0.15, -0.1) is 0 Å². The second kappa shape index (κ2) is 5.28. The summed E-state index contributed by atoms with van der Waals surface area (Å²) < 4.78 is 47.8. The summed E-state index contributed by atoms with van der Waals surface area (Å²) in [5.41, 5.74) is 4.98. The highest BCUT2D eigenvalue weighted by atomic mass is 19.4. The van der Waals surface area contributed by atoms with Crippen LogP contribution in [0, 0.1) is 0 Å². The third-order valence-corrected chi connectivity index (χ3v) is 2.44. The standard InChI is InChI=1S/C13H11F3N2O2/c1-19-10-6-5-8(7-9(10)17)20-12-4-2-3-11(18-12)13(14,15)16/h2-7H,17H2,1H3. The number of rotatable bonds is 3. The number of benzene rings is 1. The van der Waals surface area contributed by atoms with Crippen molar-refractivity contribution < 1.29 is 22.6 Å². The van der Waals surface area contributed by atoms with E-state index in [0.717, 1.165) is 6.07 Å². The van der Waals surface area contributed by atoms with Crippen LogP contribution in [0.25, 0.3) is 0 Å². The third kappa shape index (κ3) is 3.11. The number of hydrogen-bond acceptors (Lipinski definition) is 4. The van der Waals surface area contributed by atoms with Crippen molar-refractivity contribution in [2.24, 2.45) is 0 Å². The number of aromatic nitrogens is 1. The van der Waals surface area contributed by atoms with Gasteiger partial charge in [-0.2, -0.15) is 13.2 Å². The first-order chi connectivity index (χ1) is 9.40. The molecule has 0 aliphatic carbocycles. The quantitative estimate of drug-likeness (QED) is 0.877. The summed E-state index contributed by atoms with van der Waals surface area (Å²) in [5, 5.41) is 0. The van der Waals surface area contributed by atoms with Gasteiger partial charge in [-0.3, -0.25) is 0 Å². The highest BCUT2D eigenvalue weighted by Crippen LogP contribution is 2.31. The lowest BCUT2D eigenvalue weighted by molar-refractivity contribution is -0.141. The topological polar surface area (TPSA) is 57.4 Å². The molecule has 1 aromatic carbocycles. The molecule has 4 nitrogen and oxygen atoms in total. The van der Waals surface area contributed by atoms with Crippen LogP contribution in [0.5, 0.6) is 17.4 Å². The number of methoxy groups -OCH3 is 1. The maximum Gasteiger partial charge on any atom is 0.433 e. The van der Waals surface area contributed by atoms with E-state index >= 15 is 0 Å². The second-order valence-electron chi connectivity index (χ2n) is 3.86. The average molecular weight is 284 g/mol. The molecule has 106 valence electrons. The fourth-order valence-electron chi connectivity index (χ4n) is 1.53. The van der Waals surface area contributed by atoms with Crippen molar-refractivity contribution in [1.29, 1.82) is 0 Å². The van der Waals surface area contributed by atoms with Gasteiger partial charge in [0.25, 0.3) is 0 Å². The smallest absolute Gasteiger partial charge is 0.433 e. The van der Waals surface area contributed by atoms with Crippen molar-refractivity contribution >= 4 is 5.69 Å². The van der Waals surface area contributed by atoms with Crippen molar-refractivity contribution in [3.05, 3.63) is 42.1 Å². The highest BCUT2D eigenvalue weighted by Gasteiger charge is 2.32. The number of anilines is 1. The molecule has 0 saturated carbocycles. The van der Waals surface area contributed by atoms with Gasteiger partial charge in [0, 0.05) is 12.1 Å². The Hall–Kier alpha value is -2.44. The molecule has 0 bridgehead atoms. The summed E-state index contributed by atoms with van der Waals surface area (Å²) >= 11 is 0. The lowest BCUT2D eigenvalue weighted by atomic mass is 10.3. The van der Waals surface area contributed by atoms with Gasteiger partial charge in [0.1, 0.15) is 17.2 Å². The Balaban J connectivity index is 2.24. The van der Waals surface area contributed by atoms with Gasteiger partial charge in [-0.1, -0.05) is 6.07 Å². The lowest BCUT2D eigenvalue weighted by Gasteiger charge is -2.10. The molecule has 0 unspecified atom stereocenters. The summed E-state index contributed by atoms with van der Waals surface area (Å²) in [6, 6.07) is 7.94. The summed E-state index contributed by atoms with van der Waals surface area (Å²) in [4.78, 5) is 3.39. The van der Waals surface area contributed by atoms with Crippen molar-refractivity contribution in [2.75, 3.05) is 12.8 Å². The van der Waals surface area contributed by atoms with Gasteiger partial charge < -0.3 is 15.2 Å². The number of pyridine rings is 1.